The van der Waals surface area contributed by atoms with Crippen LogP contribution < -0.4 is 4.90 Å². The fourth-order valence-electron chi connectivity index (χ4n) is 2.67. The minimum absolute atomic E-state index is 0.474. The van der Waals surface area contributed by atoms with E-state index in [0.717, 1.165) is 16.8 Å². The van der Waals surface area contributed by atoms with E-state index >= 15 is 0 Å². The van der Waals surface area contributed by atoms with Gasteiger partial charge in [0.05, 0.1) is 12.2 Å². The molecule has 25 heavy (non-hydrogen) atoms. The summed E-state index contributed by atoms with van der Waals surface area (Å²) in [5, 5.41) is 0. The van der Waals surface area contributed by atoms with Crippen LogP contribution in [0, 0.1) is 6.92 Å². The van der Waals surface area contributed by atoms with Crippen molar-refractivity contribution in [2.75, 3.05) is 4.90 Å². The van der Waals surface area contributed by atoms with E-state index in [1.165, 1.54) is 4.90 Å². The van der Waals surface area contributed by atoms with Crippen LogP contribution in [-0.2, 0) is 11.3 Å². The Hall–Kier alpha value is -2.76. The predicted molar refractivity (Wildman–Crippen MR) is 97.5 cm³/mol. The Bertz CT molecular complexity index is 853. The van der Waals surface area contributed by atoms with Gasteiger partial charge in [-0.3, -0.25) is 4.99 Å². The number of nitrogens with zero attached hydrogens (tertiary/aromatic N) is 4. The number of aromatic nitrogens is 2. The first-order valence-electron chi connectivity index (χ1n) is 8.22. The maximum Gasteiger partial charge on any atom is 0.420 e. The number of carbonyl (C=O) groups is 1. The number of benzene rings is 1. The number of fused-ring (bicyclic) bond motifs is 1. The highest BCUT2D eigenvalue weighted by Gasteiger charge is 2.27. The molecule has 0 radical (unpaired) electrons. The first kappa shape index (κ1) is 17.1. The topological polar surface area (TPSA) is 67.7 Å². The van der Waals surface area contributed by atoms with Gasteiger partial charge < -0.3 is 4.74 Å². The quantitative estimate of drug-likeness (QED) is 0.824. The highest BCUT2D eigenvalue weighted by Crippen LogP contribution is 2.30. The zero-order valence-corrected chi connectivity index (χ0v) is 15.2. The molecule has 6 nitrogen and oxygen atoms in total. The number of aliphatic imine (C=N–C) groups is 1. The van der Waals surface area contributed by atoms with Crippen molar-refractivity contribution in [2.24, 2.45) is 4.99 Å². The molecule has 0 atom stereocenters. The maximum absolute atomic E-state index is 12.9. The monoisotopic (exact) mass is 338 g/mol. The molecule has 0 aliphatic carbocycles. The van der Waals surface area contributed by atoms with Crippen LogP contribution >= 0.6 is 0 Å². The summed E-state index contributed by atoms with van der Waals surface area (Å²) in [6.45, 7) is 9.97. The molecule has 0 bridgehead atoms. The van der Waals surface area contributed by atoms with Gasteiger partial charge in [-0.25, -0.2) is 19.7 Å². The Morgan fingerprint density at radius 1 is 1.20 bits per heavy atom. The van der Waals surface area contributed by atoms with Crippen molar-refractivity contribution in [3.8, 4) is 0 Å². The Morgan fingerprint density at radius 3 is 2.64 bits per heavy atom. The lowest BCUT2D eigenvalue weighted by atomic mass is 10.1. The minimum Gasteiger partial charge on any atom is -0.443 e. The lowest BCUT2D eigenvalue weighted by molar-refractivity contribution is 0.0598. The number of aryl methyl sites for hydroxylation is 1. The number of hydrogen-bond acceptors (Lipinski definition) is 5. The van der Waals surface area contributed by atoms with Gasteiger partial charge in [0.25, 0.3) is 0 Å². The number of rotatable bonds is 2. The normalized spacial score (nSPS) is 13.2. The number of amides is 1. The summed E-state index contributed by atoms with van der Waals surface area (Å²) in [6.07, 6.45) is 1.16. The number of hydrogen-bond donors (Lipinski definition) is 0. The van der Waals surface area contributed by atoms with Gasteiger partial charge in [-0.05, 0) is 58.4 Å². The molecular formula is C19H22N4O2. The number of carbonyl (C=O) groups excluding carboxylic acids is 1. The fourth-order valence-corrected chi connectivity index (χ4v) is 2.67. The molecule has 1 aliphatic heterocycles. The van der Waals surface area contributed by atoms with E-state index in [0.29, 0.717) is 23.9 Å². The smallest absolute Gasteiger partial charge is 0.420 e. The fraction of sp³-hybridized carbons (Fsp3) is 0.368. The molecule has 0 spiro atoms. The Kier molecular flexibility index (Phi) is 4.29. The molecule has 0 fully saturated rings. The molecule has 1 aliphatic rings. The maximum atomic E-state index is 12.9. The van der Waals surface area contributed by atoms with Crippen LogP contribution in [0.3, 0.4) is 0 Å². The SMILES string of the molecule is CC1=NCc2ccc(N(C(=O)OC(C)(C)C)c3ccnc(C)n3)cc21. The van der Waals surface area contributed by atoms with Gasteiger partial charge in [0.2, 0.25) is 0 Å². The van der Waals surface area contributed by atoms with Crippen molar-refractivity contribution in [1.82, 2.24) is 9.97 Å². The third-order valence-corrected chi connectivity index (χ3v) is 3.79. The summed E-state index contributed by atoms with van der Waals surface area (Å²) in [4.78, 5) is 27.3. The van der Waals surface area contributed by atoms with Gasteiger partial charge in [0.1, 0.15) is 17.2 Å². The van der Waals surface area contributed by atoms with Crippen molar-refractivity contribution in [3.05, 3.63) is 47.4 Å². The highest BCUT2D eigenvalue weighted by molar-refractivity contribution is 6.04. The first-order valence-corrected chi connectivity index (χ1v) is 8.22. The van der Waals surface area contributed by atoms with Gasteiger partial charge in [0.15, 0.2) is 0 Å². The molecule has 2 aromatic rings. The average molecular weight is 338 g/mol. The largest absolute Gasteiger partial charge is 0.443 e. The van der Waals surface area contributed by atoms with E-state index in [9.17, 15) is 4.79 Å². The van der Waals surface area contributed by atoms with Crippen molar-refractivity contribution >= 4 is 23.3 Å². The third kappa shape index (κ3) is 3.68. The molecule has 3 rings (SSSR count). The van der Waals surface area contributed by atoms with Crippen molar-refractivity contribution in [2.45, 2.75) is 46.8 Å². The van der Waals surface area contributed by atoms with E-state index in [2.05, 4.69) is 15.0 Å². The molecular weight excluding hydrogens is 316 g/mol. The van der Waals surface area contributed by atoms with E-state index in [1.807, 2.05) is 45.9 Å². The molecule has 1 aromatic heterocycles. The van der Waals surface area contributed by atoms with Crippen LogP contribution in [0.15, 0.2) is 35.5 Å². The zero-order chi connectivity index (χ0) is 18.2. The van der Waals surface area contributed by atoms with Crippen LogP contribution in [0.25, 0.3) is 0 Å². The van der Waals surface area contributed by atoms with Crippen LogP contribution in [0.1, 0.15) is 44.6 Å². The molecule has 0 N–H and O–H groups in total. The van der Waals surface area contributed by atoms with Crippen molar-refractivity contribution in [3.63, 3.8) is 0 Å². The van der Waals surface area contributed by atoms with Crippen molar-refractivity contribution in [1.29, 1.82) is 0 Å². The standard InChI is InChI=1S/C19H22N4O2/c1-12-16-10-15(7-6-14(16)11-21-12)23(18(24)25-19(3,4)5)17-8-9-20-13(2)22-17/h6-10H,11H2,1-5H3. The molecule has 0 saturated heterocycles. The van der Waals surface area contributed by atoms with E-state index in [-0.39, 0.29) is 0 Å². The summed E-state index contributed by atoms with van der Waals surface area (Å²) < 4.78 is 5.59. The second kappa shape index (κ2) is 6.27. The summed E-state index contributed by atoms with van der Waals surface area (Å²) >= 11 is 0. The van der Waals surface area contributed by atoms with Crippen LogP contribution in [-0.4, -0.2) is 27.4 Å². The van der Waals surface area contributed by atoms with Gasteiger partial charge >= 0.3 is 6.09 Å². The number of ether oxygens (including phenoxy) is 1. The number of anilines is 2. The Balaban J connectivity index is 2.07. The molecule has 0 saturated carbocycles. The minimum atomic E-state index is -0.606. The molecule has 6 heteroatoms. The molecule has 130 valence electrons. The first-order chi connectivity index (χ1) is 11.7. The van der Waals surface area contributed by atoms with Gasteiger partial charge in [-0.15, -0.1) is 0 Å². The highest BCUT2D eigenvalue weighted by atomic mass is 16.6. The van der Waals surface area contributed by atoms with Crippen LogP contribution in [0.4, 0.5) is 16.3 Å². The molecule has 0 unspecified atom stereocenters. The van der Waals surface area contributed by atoms with Gasteiger partial charge in [0, 0.05) is 17.5 Å². The van der Waals surface area contributed by atoms with Gasteiger partial charge in [-0.2, -0.15) is 0 Å². The van der Waals surface area contributed by atoms with Crippen LogP contribution in [0.2, 0.25) is 0 Å². The summed E-state index contributed by atoms with van der Waals surface area (Å²) in [5.41, 5.74) is 3.27. The van der Waals surface area contributed by atoms with E-state index in [1.54, 1.807) is 19.2 Å². The van der Waals surface area contributed by atoms with Crippen molar-refractivity contribution < 1.29 is 9.53 Å². The Labute approximate surface area is 147 Å². The molecule has 1 amide bonds. The predicted octanol–water partition coefficient (Wildman–Crippen LogP) is 4.18. The van der Waals surface area contributed by atoms with Gasteiger partial charge in [-0.1, -0.05) is 6.07 Å². The van der Waals surface area contributed by atoms with E-state index < -0.39 is 11.7 Å². The summed E-state index contributed by atoms with van der Waals surface area (Å²) in [7, 11) is 0. The molecule has 2 heterocycles. The zero-order valence-electron chi connectivity index (χ0n) is 15.2. The summed E-state index contributed by atoms with van der Waals surface area (Å²) in [5.74, 6) is 1.07. The van der Waals surface area contributed by atoms with E-state index in [4.69, 9.17) is 4.74 Å². The third-order valence-electron chi connectivity index (χ3n) is 3.79. The van der Waals surface area contributed by atoms with Crippen LogP contribution in [0.5, 0.6) is 0 Å². The summed E-state index contributed by atoms with van der Waals surface area (Å²) in [6, 6.07) is 7.55. The second-order valence-corrected chi connectivity index (χ2v) is 7.02. The lowest BCUT2D eigenvalue weighted by Gasteiger charge is -2.27. The Morgan fingerprint density at radius 2 is 1.96 bits per heavy atom. The second-order valence-electron chi connectivity index (χ2n) is 7.02. The lowest BCUT2D eigenvalue weighted by Crippen LogP contribution is -2.34. The average Bonchev–Trinajstić information content (AvgIpc) is 2.87. The molecule has 1 aromatic carbocycles.